The summed E-state index contributed by atoms with van der Waals surface area (Å²) in [6.07, 6.45) is 1.14. The van der Waals surface area contributed by atoms with Crippen molar-refractivity contribution >= 4 is 28.4 Å². The van der Waals surface area contributed by atoms with E-state index in [0.717, 1.165) is 34.9 Å². The molecule has 1 unspecified atom stereocenters. The van der Waals surface area contributed by atoms with Crippen molar-refractivity contribution in [2.75, 3.05) is 16.4 Å². The molecule has 3 aromatic carbocycles. The van der Waals surface area contributed by atoms with Crippen LogP contribution in [0.3, 0.4) is 0 Å². The van der Waals surface area contributed by atoms with Gasteiger partial charge in [0.15, 0.2) is 0 Å². The van der Waals surface area contributed by atoms with Crippen molar-refractivity contribution in [3.05, 3.63) is 78.4 Å². The Morgan fingerprint density at radius 3 is 1.40 bits per heavy atom. The standard InChI is InChI=1S/C22H25N3/c1-3-16(2)17-4-10-20(11-5-17)25(21-12-6-18(23)7-13-21)22-14-8-19(24)9-15-22/h4-16H,3,23-24H2,1-2H3. The van der Waals surface area contributed by atoms with Crippen LogP contribution in [0.1, 0.15) is 31.7 Å². The van der Waals surface area contributed by atoms with Gasteiger partial charge in [-0.1, -0.05) is 26.0 Å². The molecule has 0 bridgehead atoms. The van der Waals surface area contributed by atoms with Crippen LogP contribution in [-0.4, -0.2) is 0 Å². The van der Waals surface area contributed by atoms with Crippen molar-refractivity contribution < 1.29 is 0 Å². The highest BCUT2D eigenvalue weighted by Gasteiger charge is 2.13. The number of hydrogen-bond donors (Lipinski definition) is 2. The molecule has 0 radical (unpaired) electrons. The summed E-state index contributed by atoms with van der Waals surface area (Å²) in [6, 6.07) is 24.6. The van der Waals surface area contributed by atoms with Crippen molar-refractivity contribution in [1.29, 1.82) is 0 Å². The van der Waals surface area contributed by atoms with Crippen LogP contribution in [0.4, 0.5) is 28.4 Å². The van der Waals surface area contributed by atoms with E-state index in [9.17, 15) is 0 Å². The van der Waals surface area contributed by atoms with Crippen LogP contribution in [0.25, 0.3) is 0 Å². The number of nitrogens with zero attached hydrogens (tertiary/aromatic N) is 1. The molecule has 4 N–H and O–H groups in total. The van der Waals surface area contributed by atoms with Crippen LogP contribution >= 0.6 is 0 Å². The molecule has 128 valence electrons. The lowest BCUT2D eigenvalue weighted by Crippen LogP contribution is -2.10. The lowest BCUT2D eigenvalue weighted by atomic mass is 9.98. The van der Waals surface area contributed by atoms with Gasteiger partial charge in [0.05, 0.1) is 0 Å². The van der Waals surface area contributed by atoms with Gasteiger partial charge < -0.3 is 16.4 Å². The van der Waals surface area contributed by atoms with E-state index in [0.29, 0.717) is 5.92 Å². The van der Waals surface area contributed by atoms with Gasteiger partial charge in [-0.2, -0.15) is 0 Å². The smallest absolute Gasteiger partial charge is 0.0463 e. The zero-order chi connectivity index (χ0) is 17.8. The van der Waals surface area contributed by atoms with Gasteiger partial charge in [0, 0.05) is 28.4 Å². The minimum Gasteiger partial charge on any atom is -0.399 e. The van der Waals surface area contributed by atoms with Gasteiger partial charge in [-0.25, -0.2) is 0 Å². The maximum absolute atomic E-state index is 5.86. The summed E-state index contributed by atoms with van der Waals surface area (Å²) in [7, 11) is 0. The van der Waals surface area contributed by atoms with E-state index in [1.54, 1.807) is 0 Å². The van der Waals surface area contributed by atoms with Gasteiger partial charge in [-0.15, -0.1) is 0 Å². The van der Waals surface area contributed by atoms with E-state index in [2.05, 4.69) is 43.0 Å². The highest BCUT2D eigenvalue weighted by Crippen LogP contribution is 2.35. The summed E-state index contributed by atoms with van der Waals surface area (Å²) >= 11 is 0. The van der Waals surface area contributed by atoms with Crippen molar-refractivity contribution in [2.24, 2.45) is 0 Å². The fourth-order valence-corrected chi connectivity index (χ4v) is 2.88. The Morgan fingerprint density at radius 2 is 1.04 bits per heavy atom. The summed E-state index contributed by atoms with van der Waals surface area (Å²) in [5.41, 5.74) is 17.8. The summed E-state index contributed by atoms with van der Waals surface area (Å²) in [4.78, 5) is 2.21. The van der Waals surface area contributed by atoms with Crippen molar-refractivity contribution in [2.45, 2.75) is 26.2 Å². The van der Waals surface area contributed by atoms with E-state index < -0.39 is 0 Å². The SMILES string of the molecule is CCC(C)c1ccc(N(c2ccc(N)cc2)c2ccc(N)cc2)cc1. The first-order valence-electron chi connectivity index (χ1n) is 8.69. The average molecular weight is 331 g/mol. The van der Waals surface area contributed by atoms with Gasteiger partial charge in [-0.05, 0) is 78.6 Å². The molecule has 1 atom stereocenters. The van der Waals surface area contributed by atoms with E-state index in [1.807, 2.05) is 48.5 Å². The van der Waals surface area contributed by atoms with Gasteiger partial charge >= 0.3 is 0 Å². The zero-order valence-corrected chi connectivity index (χ0v) is 14.8. The maximum atomic E-state index is 5.86. The molecule has 0 heterocycles. The first-order valence-corrected chi connectivity index (χ1v) is 8.69. The molecule has 0 aliphatic rings. The predicted octanol–water partition coefficient (Wildman–Crippen LogP) is 5.83. The molecule has 3 aromatic rings. The topological polar surface area (TPSA) is 55.3 Å². The molecule has 0 aliphatic heterocycles. The summed E-state index contributed by atoms with van der Waals surface area (Å²) in [5.74, 6) is 0.565. The van der Waals surface area contributed by atoms with Crippen LogP contribution in [0.15, 0.2) is 72.8 Å². The highest BCUT2D eigenvalue weighted by molar-refractivity contribution is 5.77. The molecule has 0 spiro atoms. The van der Waals surface area contributed by atoms with Crippen LogP contribution in [-0.2, 0) is 0 Å². The lowest BCUT2D eigenvalue weighted by molar-refractivity contribution is 0.733. The van der Waals surface area contributed by atoms with Crippen molar-refractivity contribution in [3.63, 3.8) is 0 Å². The molecule has 0 fully saturated rings. The number of hydrogen-bond acceptors (Lipinski definition) is 3. The molecule has 3 rings (SSSR count). The monoisotopic (exact) mass is 331 g/mol. The van der Waals surface area contributed by atoms with Crippen molar-refractivity contribution in [3.8, 4) is 0 Å². The molecule has 0 amide bonds. The number of anilines is 5. The third-order valence-electron chi connectivity index (χ3n) is 4.64. The Bertz CT molecular complexity index is 760. The van der Waals surface area contributed by atoms with Crippen LogP contribution in [0.2, 0.25) is 0 Å². The molecule has 0 saturated heterocycles. The lowest BCUT2D eigenvalue weighted by Gasteiger charge is -2.26. The fourth-order valence-electron chi connectivity index (χ4n) is 2.88. The molecule has 3 nitrogen and oxygen atoms in total. The molecule has 0 saturated carbocycles. The molecular weight excluding hydrogens is 306 g/mol. The molecule has 0 aromatic heterocycles. The fraction of sp³-hybridized carbons (Fsp3) is 0.182. The van der Waals surface area contributed by atoms with Crippen LogP contribution in [0.5, 0.6) is 0 Å². The Morgan fingerprint density at radius 1 is 0.680 bits per heavy atom. The van der Waals surface area contributed by atoms with Crippen LogP contribution < -0.4 is 16.4 Å². The number of rotatable bonds is 5. The second kappa shape index (κ2) is 7.31. The van der Waals surface area contributed by atoms with Crippen LogP contribution in [0, 0.1) is 0 Å². The number of nitrogens with two attached hydrogens (primary N) is 2. The van der Waals surface area contributed by atoms with Gasteiger partial charge in [-0.3, -0.25) is 0 Å². The van der Waals surface area contributed by atoms with E-state index in [1.165, 1.54) is 5.56 Å². The van der Waals surface area contributed by atoms with Gasteiger partial charge in [0.25, 0.3) is 0 Å². The third-order valence-corrected chi connectivity index (χ3v) is 4.64. The second-order valence-corrected chi connectivity index (χ2v) is 6.42. The summed E-state index contributed by atoms with van der Waals surface area (Å²) < 4.78 is 0. The molecule has 3 heteroatoms. The summed E-state index contributed by atoms with van der Waals surface area (Å²) in [6.45, 7) is 4.47. The zero-order valence-electron chi connectivity index (χ0n) is 14.8. The Kier molecular flexibility index (Phi) is 4.94. The predicted molar refractivity (Wildman–Crippen MR) is 109 cm³/mol. The minimum atomic E-state index is 0.565. The summed E-state index contributed by atoms with van der Waals surface area (Å²) in [5, 5.41) is 0. The molecule has 25 heavy (non-hydrogen) atoms. The number of benzene rings is 3. The van der Waals surface area contributed by atoms with Crippen molar-refractivity contribution in [1.82, 2.24) is 0 Å². The van der Waals surface area contributed by atoms with Gasteiger partial charge in [0.2, 0.25) is 0 Å². The largest absolute Gasteiger partial charge is 0.399 e. The molecular formula is C22H25N3. The Balaban J connectivity index is 2.04. The first-order chi connectivity index (χ1) is 12.1. The Hall–Kier alpha value is -2.94. The second-order valence-electron chi connectivity index (χ2n) is 6.42. The highest BCUT2D eigenvalue weighted by atomic mass is 15.1. The maximum Gasteiger partial charge on any atom is 0.0463 e. The quantitative estimate of drug-likeness (QED) is 0.578. The average Bonchev–Trinajstić information content (AvgIpc) is 2.65. The molecule has 0 aliphatic carbocycles. The minimum absolute atomic E-state index is 0.565. The van der Waals surface area contributed by atoms with E-state index in [4.69, 9.17) is 11.5 Å². The Labute approximate surface area is 149 Å². The van der Waals surface area contributed by atoms with E-state index >= 15 is 0 Å². The normalized spacial score (nSPS) is 11.9. The first kappa shape index (κ1) is 16.9. The van der Waals surface area contributed by atoms with E-state index in [-0.39, 0.29) is 0 Å². The number of nitrogen functional groups attached to an aromatic ring is 2. The van der Waals surface area contributed by atoms with Gasteiger partial charge in [0.1, 0.15) is 0 Å². The third kappa shape index (κ3) is 3.77.